The highest BCUT2D eigenvalue weighted by Crippen LogP contribution is 2.50. The zero-order valence-corrected chi connectivity index (χ0v) is 34.3. The summed E-state index contributed by atoms with van der Waals surface area (Å²) in [6, 6.07) is 23.7. The predicted octanol–water partition coefficient (Wildman–Crippen LogP) is 10.7. The number of ketones is 2. The molecule has 0 saturated carbocycles. The Hall–Kier alpha value is -5.54. The van der Waals surface area contributed by atoms with Gasteiger partial charge in [0.15, 0.2) is 27.2 Å². The maximum atomic E-state index is 14.9. The molecule has 4 aromatic carbocycles. The Labute approximate surface area is 330 Å². The van der Waals surface area contributed by atoms with Crippen LogP contribution in [0.4, 0.5) is 17.2 Å². The molecule has 2 aliphatic carbocycles. The summed E-state index contributed by atoms with van der Waals surface area (Å²) in [6.45, 7) is 13.3. The van der Waals surface area contributed by atoms with E-state index < -0.39 is 15.8 Å². The third-order valence-electron chi connectivity index (χ3n) is 10.7. The summed E-state index contributed by atoms with van der Waals surface area (Å²) in [7, 11) is 0.308. The van der Waals surface area contributed by atoms with Gasteiger partial charge in [-0.25, -0.2) is 13.4 Å². The smallest absolute Gasteiger partial charge is 0.196 e. The second kappa shape index (κ2) is 14.2. The van der Waals surface area contributed by atoms with E-state index in [-0.39, 0.29) is 33.2 Å². The molecule has 2 atom stereocenters. The number of hydrogen-bond acceptors (Lipinski definition) is 8. The molecule has 2 aliphatic rings. The van der Waals surface area contributed by atoms with Crippen LogP contribution in [0, 0.1) is 17.3 Å². The molecule has 1 heterocycles. The highest BCUT2D eigenvalue weighted by atomic mass is 32.2. The molecule has 0 amide bonds. The first-order valence-corrected chi connectivity index (χ1v) is 20.8. The molecular formula is C47H49N3O5S. The molecule has 9 heteroatoms. The summed E-state index contributed by atoms with van der Waals surface area (Å²) in [6.07, 6.45) is 9.98. The molecule has 0 bridgehead atoms. The second-order valence-electron chi connectivity index (χ2n) is 17.2. The van der Waals surface area contributed by atoms with Crippen molar-refractivity contribution >= 4 is 49.5 Å². The van der Waals surface area contributed by atoms with E-state index >= 15 is 0 Å². The predicted molar refractivity (Wildman–Crippen MR) is 227 cm³/mol. The van der Waals surface area contributed by atoms with Gasteiger partial charge in [-0.15, -0.1) is 0 Å². The van der Waals surface area contributed by atoms with Gasteiger partial charge in [0.2, 0.25) is 0 Å². The molecule has 5 aromatic rings. The number of anilines is 3. The summed E-state index contributed by atoms with van der Waals surface area (Å²) in [5, 5.41) is 3.93. The van der Waals surface area contributed by atoms with Crippen molar-refractivity contribution in [1.29, 1.82) is 0 Å². The number of carbonyl (C=O) groups is 2. The number of sulfone groups is 1. The average molecular weight is 768 g/mol. The Morgan fingerprint density at radius 2 is 1.52 bits per heavy atom. The number of hydrogen-bond donors (Lipinski definition) is 1. The van der Waals surface area contributed by atoms with E-state index in [9.17, 15) is 18.0 Å². The fraction of sp³-hybridized carbons (Fsp3) is 0.298. The minimum Gasteiger partial charge on any atom is -0.455 e. The standard InChI is InChI=1S/C47H49N3O5S/c1-28-14-10-11-15-33(28)43(51)41-38-34-16-12-13-17-35(34)44(52)39-36(48-30-20-24-32(25-21-30)56(9,53)54)26-37(42(40(38)39)49-45(41)50(7)8)55-31-22-18-29(19-23-31)47(5,6)27-46(2,3)4/h10-26,28,33,48H,27H2,1-9H3. The van der Waals surface area contributed by atoms with Crippen molar-refractivity contribution < 1.29 is 22.7 Å². The van der Waals surface area contributed by atoms with Gasteiger partial charge in [0, 0.05) is 54.5 Å². The SMILES string of the molecule is CC1C=CC=CC1C(=O)c1c(N(C)C)nc2c(Oc3ccc(C(C)(C)CC(C)(C)C)cc3)cc(Nc3ccc(S(C)(=O)=O)cc3)c3c2c1-c1ccccc1C3=O. The molecule has 7 rings (SSSR count). The third kappa shape index (κ3) is 7.28. The van der Waals surface area contributed by atoms with Gasteiger partial charge in [0.05, 0.1) is 21.7 Å². The fourth-order valence-corrected chi connectivity index (χ4v) is 8.98. The van der Waals surface area contributed by atoms with Gasteiger partial charge in [0.1, 0.15) is 17.1 Å². The number of Topliss-reactive ketones (excluding diaryl/α,β-unsaturated/α-hetero) is 1. The van der Waals surface area contributed by atoms with Gasteiger partial charge in [-0.3, -0.25) is 9.59 Å². The van der Waals surface area contributed by atoms with Crippen LogP contribution in [-0.2, 0) is 15.3 Å². The van der Waals surface area contributed by atoms with Crippen LogP contribution in [0.2, 0.25) is 0 Å². The number of allylic oxidation sites excluding steroid dienone is 4. The molecule has 0 fully saturated rings. The molecule has 1 N–H and O–H groups in total. The molecule has 2 unspecified atom stereocenters. The largest absolute Gasteiger partial charge is 0.455 e. The van der Waals surface area contributed by atoms with Crippen LogP contribution < -0.4 is 15.0 Å². The number of pyridine rings is 1. The van der Waals surface area contributed by atoms with Crippen molar-refractivity contribution in [1.82, 2.24) is 4.98 Å². The summed E-state index contributed by atoms with van der Waals surface area (Å²) in [4.78, 5) is 36.9. The number of fused-ring (bicyclic) bond motifs is 2. The lowest BCUT2D eigenvalue weighted by Gasteiger charge is -2.33. The van der Waals surface area contributed by atoms with Crippen molar-refractivity contribution in [2.75, 3.05) is 30.6 Å². The molecule has 0 saturated heterocycles. The van der Waals surface area contributed by atoms with E-state index in [0.29, 0.717) is 67.4 Å². The first-order valence-electron chi connectivity index (χ1n) is 18.9. The molecule has 8 nitrogen and oxygen atoms in total. The Morgan fingerprint density at radius 1 is 0.875 bits per heavy atom. The topological polar surface area (TPSA) is 106 Å². The lowest BCUT2D eigenvalue weighted by molar-refractivity contribution is 0.0925. The van der Waals surface area contributed by atoms with E-state index in [1.165, 1.54) is 17.7 Å². The van der Waals surface area contributed by atoms with Gasteiger partial charge in [-0.1, -0.05) is 102 Å². The van der Waals surface area contributed by atoms with E-state index in [1.807, 2.05) is 80.6 Å². The van der Waals surface area contributed by atoms with Crippen LogP contribution in [0.5, 0.6) is 11.5 Å². The molecule has 288 valence electrons. The molecule has 0 spiro atoms. The van der Waals surface area contributed by atoms with Crippen molar-refractivity contribution in [3.63, 3.8) is 0 Å². The highest BCUT2D eigenvalue weighted by Gasteiger charge is 2.38. The maximum Gasteiger partial charge on any atom is 0.196 e. The number of rotatable bonds is 10. The number of nitrogens with one attached hydrogen (secondary N) is 1. The van der Waals surface area contributed by atoms with E-state index in [2.05, 4.69) is 52.1 Å². The summed E-state index contributed by atoms with van der Waals surface area (Å²) in [5.74, 6) is 0.653. The summed E-state index contributed by atoms with van der Waals surface area (Å²) >= 11 is 0. The Morgan fingerprint density at radius 3 is 2.12 bits per heavy atom. The van der Waals surface area contributed by atoms with Gasteiger partial charge >= 0.3 is 0 Å². The average Bonchev–Trinajstić information content (AvgIpc) is 3.13. The zero-order chi connectivity index (χ0) is 40.3. The van der Waals surface area contributed by atoms with Crippen LogP contribution in [-0.4, -0.2) is 45.3 Å². The van der Waals surface area contributed by atoms with Crippen molar-refractivity contribution in [3.05, 3.63) is 125 Å². The van der Waals surface area contributed by atoms with Gasteiger partial charge in [0.25, 0.3) is 0 Å². The first-order chi connectivity index (χ1) is 26.3. The number of ether oxygens (including phenoxy) is 1. The lowest BCUT2D eigenvalue weighted by atomic mass is 9.72. The lowest BCUT2D eigenvalue weighted by Crippen LogP contribution is -2.26. The van der Waals surface area contributed by atoms with Crippen molar-refractivity contribution in [2.24, 2.45) is 17.3 Å². The molecule has 0 aliphatic heterocycles. The second-order valence-corrected chi connectivity index (χ2v) is 19.2. The Kier molecular flexibility index (Phi) is 9.82. The monoisotopic (exact) mass is 767 g/mol. The van der Waals surface area contributed by atoms with Crippen LogP contribution in [0.3, 0.4) is 0 Å². The molecule has 0 radical (unpaired) electrons. The van der Waals surface area contributed by atoms with E-state index in [0.717, 1.165) is 12.7 Å². The normalized spacial score (nSPS) is 16.5. The van der Waals surface area contributed by atoms with E-state index in [4.69, 9.17) is 9.72 Å². The maximum absolute atomic E-state index is 14.9. The number of carbonyl (C=O) groups excluding carboxylic acids is 2. The molecule has 1 aromatic heterocycles. The quantitative estimate of drug-likeness (QED) is 0.137. The number of benzene rings is 4. The van der Waals surface area contributed by atoms with Crippen LogP contribution in [0.15, 0.2) is 108 Å². The summed E-state index contributed by atoms with van der Waals surface area (Å²) < 4.78 is 31.3. The van der Waals surface area contributed by atoms with Crippen molar-refractivity contribution in [3.8, 4) is 22.6 Å². The Balaban J connectivity index is 1.50. The highest BCUT2D eigenvalue weighted by molar-refractivity contribution is 7.90. The minimum absolute atomic E-state index is 0.0523. The van der Waals surface area contributed by atoms with Crippen molar-refractivity contribution in [2.45, 2.75) is 58.3 Å². The van der Waals surface area contributed by atoms with Crippen LogP contribution >= 0.6 is 0 Å². The van der Waals surface area contributed by atoms with Gasteiger partial charge in [-0.05, 0) is 70.7 Å². The Bertz CT molecular complexity index is 2560. The summed E-state index contributed by atoms with van der Waals surface area (Å²) in [5.41, 5.74) is 5.26. The minimum atomic E-state index is -3.43. The molecule has 56 heavy (non-hydrogen) atoms. The zero-order valence-electron chi connectivity index (χ0n) is 33.5. The number of aromatic nitrogens is 1. The van der Waals surface area contributed by atoms with Gasteiger partial charge < -0.3 is 15.0 Å². The fourth-order valence-electron chi connectivity index (χ4n) is 8.35. The van der Waals surface area contributed by atoms with Gasteiger partial charge in [-0.2, -0.15) is 0 Å². The number of nitrogens with zero attached hydrogens (tertiary/aromatic N) is 2. The van der Waals surface area contributed by atoms with Crippen LogP contribution in [0.1, 0.15) is 79.8 Å². The van der Waals surface area contributed by atoms with E-state index in [1.54, 1.807) is 24.3 Å². The molecular weight excluding hydrogens is 719 g/mol. The first kappa shape index (κ1) is 38.7. The van der Waals surface area contributed by atoms with Crippen LogP contribution in [0.25, 0.3) is 22.0 Å². The third-order valence-corrected chi connectivity index (χ3v) is 11.8.